The summed E-state index contributed by atoms with van der Waals surface area (Å²) in [5, 5.41) is 12.8. The van der Waals surface area contributed by atoms with Crippen molar-refractivity contribution < 1.29 is 14.7 Å². The molecule has 2 N–H and O–H groups in total. The Morgan fingerprint density at radius 1 is 0.955 bits per heavy atom. The molecule has 0 bridgehead atoms. The lowest BCUT2D eigenvalue weighted by molar-refractivity contribution is -0.132. The summed E-state index contributed by atoms with van der Waals surface area (Å²) in [6, 6.07) is 0. The Hall–Kier alpha value is -1.58. The Balaban J connectivity index is 2.27. The Morgan fingerprint density at radius 3 is 2.05 bits per heavy atom. The number of likely N-dealkylation sites (N-methyl/N-ethyl adjacent to an activating group) is 1. The highest BCUT2D eigenvalue weighted by Crippen LogP contribution is 2.22. The van der Waals surface area contributed by atoms with Crippen molar-refractivity contribution in [2.45, 2.75) is 71.1 Å². The van der Waals surface area contributed by atoms with Crippen LogP contribution >= 0.6 is 0 Å². The highest BCUT2D eigenvalue weighted by Gasteiger charge is 2.27. The monoisotopic (exact) mass is 307 g/mol. The lowest BCUT2D eigenvalue weighted by Gasteiger charge is -2.15. The summed E-state index contributed by atoms with van der Waals surface area (Å²) in [6.45, 7) is 2.22. The zero-order valence-electron chi connectivity index (χ0n) is 13.9. The normalized spacial score (nSPS) is 15.3. The van der Waals surface area contributed by atoms with Crippen molar-refractivity contribution in [1.82, 2.24) is 5.32 Å². The van der Waals surface area contributed by atoms with Gasteiger partial charge in [0.15, 0.2) is 0 Å². The van der Waals surface area contributed by atoms with E-state index in [2.05, 4.69) is 12.2 Å². The van der Waals surface area contributed by atoms with Crippen molar-refractivity contribution >= 4 is 11.6 Å². The minimum absolute atomic E-state index is 0.0633. The van der Waals surface area contributed by atoms with E-state index in [1.807, 2.05) is 0 Å². The fourth-order valence-corrected chi connectivity index (χ4v) is 2.72. The largest absolute Gasteiger partial charge is 0.505 e. The van der Waals surface area contributed by atoms with E-state index in [1.165, 1.54) is 38.5 Å². The first-order valence-corrected chi connectivity index (χ1v) is 8.52. The quantitative estimate of drug-likeness (QED) is 0.344. The summed E-state index contributed by atoms with van der Waals surface area (Å²) in [7, 11) is 1.63. The van der Waals surface area contributed by atoms with Gasteiger partial charge in [-0.2, -0.15) is 0 Å². The van der Waals surface area contributed by atoms with Crippen molar-refractivity contribution in [2.75, 3.05) is 7.05 Å². The van der Waals surface area contributed by atoms with E-state index in [4.69, 9.17) is 0 Å². The Morgan fingerprint density at radius 2 is 1.50 bits per heavy atom. The van der Waals surface area contributed by atoms with Gasteiger partial charge >= 0.3 is 0 Å². The topological polar surface area (TPSA) is 66.4 Å². The van der Waals surface area contributed by atoms with Gasteiger partial charge in [-0.3, -0.25) is 9.59 Å². The van der Waals surface area contributed by atoms with E-state index in [0.717, 1.165) is 25.3 Å². The minimum Gasteiger partial charge on any atom is -0.505 e. The molecule has 0 spiro atoms. The third-order valence-corrected chi connectivity index (χ3v) is 4.11. The number of aliphatic hydroxyl groups excluding tert-OH is 1. The number of ketones is 2. The van der Waals surface area contributed by atoms with Crippen LogP contribution in [0.15, 0.2) is 23.1 Å². The molecule has 0 amide bonds. The van der Waals surface area contributed by atoms with Crippen molar-refractivity contribution in [3.8, 4) is 0 Å². The maximum atomic E-state index is 11.8. The summed E-state index contributed by atoms with van der Waals surface area (Å²) < 4.78 is 0. The van der Waals surface area contributed by atoms with Gasteiger partial charge in [-0.15, -0.1) is 0 Å². The molecule has 22 heavy (non-hydrogen) atoms. The second-order valence-electron chi connectivity index (χ2n) is 5.91. The van der Waals surface area contributed by atoms with Gasteiger partial charge in [-0.1, -0.05) is 58.3 Å². The summed E-state index contributed by atoms with van der Waals surface area (Å²) in [4.78, 5) is 23.4. The highest BCUT2D eigenvalue weighted by molar-refractivity contribution is 6.48. The number of carbonyl (C=O) groups excluding carboxylic acids is 2. The maximum Gasteiger partial charge on any atom is 0.232 e. The van der Waals surface area contributed by atoms with E-state index in [0.29, 0.717) is 12.1 Å². The van der Waals surface area contributed by atoms with Crippen molar-refractivity contribution in [3.63, 3.8) is 0 Å². The van der Waals surface area contributed by atoms with E-state index < -0.39 is 11.6 Å². The third-order valence-electron chi connectivity index (χ3n) is 4.11. The first-order valence-electron chi connectivity index (χ1n) is 8.52. The van der Waals surface area contributed by atoms with Crippen LogP contribution in [0.2, 0.25) is 0 Å². The number of hydrogen-bond acceptors (Lipinski definition) is 4. The number of unbranched alkanes of at least 4 members (excludes halogenated alkanes) is 8. The molecule has 0 saturated heterocycles. The molecule has 124 valence electrons. The molecule has 1 aliphatic rings. The third kappa shape index (κ3) is 5.66. The summed E-state index contributed by atoms with van der Waals surface area (Å²) in [5.41, 5.74) is 0.607. The summed E-state index contributed by atoms with van der Waals surface area (Å²) >= 11 is 0. The predicted molar refractivity (Wildman–Crippen MR) is 88.7 cm³/mol. The Kier molecular flexibility index (Phi) is 8.56. The van der Waals surface area contributed by atoms with Gasteiger partial charge < -0.3 is 10.4 Å². The van der Waals surface area contributed by atoms with Gasteiger partial charge in [0, 0.05) is 18.7 Å². The Bertz CT molecular complexity index is 449. The molecule has 0 atom stereocenters. The highest BCUT2D eigenvalue weighted by atomic mass is 16.3. The fraction of sp³-hybridized carbons (Fsp3) is 0.667. The average molecular weight is 307 g/mol. The minimum atomic E-state index is -0.559. The number of Topliss-reactive ketones (excluding diaryl/α,β-unsaturated/α-hetero) is 1. The standard InChI is InChI=1S/C18H29NO3/c1-3-4-5-6-7-8-9-10-11-12-14-17(21)15(19-2)13-16(20)18(14)22/h13,19,21H,3-12H2,1-2H3. The fourth-order valence-electron chi connectivity index (χ4n) is 2.72. The van der Waals surface area contributed by atoms with E-state index in [9.17, 15) is 14.7 Å². The number of allylic oxidation sites excluding steroid dienone is 2. The molecule has 4 nitrogen and oxygen atoms in total. The van der Waals surface area contributed by atoms with Crippen molar-refractivity contribution in [3.05, 3.63) is 23.1 Å². The second-order valence-corrected chi connectivity index (χ2v) is 5.91. The molecule has 0 aromatic heterocycles. The van der Waals surface area contributed by atoms with Crippen LogP contribution in [0.3, 0.4) is 0 Å². The molecule has 1 rings (SSSR count). The molecule has 1 aliphatic carbocycles. The maximum absolute atomic E-state index is 11.8. The zero-order valence-corrected chi connectivity index (χ0v) is 13.9. The summed E-state index contributed by atoms with van der Waals surface area (Å²) in [6.07, 6.45) is 12.4. The number of nitrogens with one attached hydrogen (secondary N) is 1. The van der Waals surface area contributed by atoms with Gasteiger partial charge in [0.1, 0.15) is 5.76 Å². The molecule has 0 heterocycles. The molecule has 0 aromatic rings. The number of rotatable bonds is 11. The molecule has 0 aliphatic heterocycles. The van der Waals surface area contributed by atoms with Gasteiger partial charge in [-0.05, 0) is 12.8 Å². The van der Waals surface area contributed by atoms with Crippen LogP contribution in [0.5, 0.6) is 0 Å². The molecular formula is C18H29NO3. The molecule has 0 fully saturated rings. The SMILES string of the molecule is CCCCCCCCCCCC1=C(O)C(NC)=CC(=O)C1=O. The van der Waals surface area contributed by atoms with Gasteiger partial charge in [0.25, 0.3) is 0 Å². The van der Waals surface area contributed by atoms with Crippen LogP contribution < -0.4 is 5.32 Å². The lowest BCUT2D eigenvalue weighted by Crippen LogP contribution is -2.25. The van der Waals surface area contributed by atoms with E-state index in [1.54, 1.807) is 7.05 Å². The molecular weight excluding hydrogens is 278 g/mol. The summed E-state index contributed by atoms with van der Waals surface area (Å²) in [5.74, 6) is -1.17. The van der Waals surface area contributed by atoms with Crippen LogP contribution in [0, 0.1) is 0 Å². The number of aliphatic hydroxyl groups is 1. The number of hydrogen-bond donors (Lipinski definition) is 2. The molecule has 0 aromatic carbocycles. The predicted octanol–water partition coefficient (Wildman–Crippen LogP) is 3.97. The van der Waals surface area contributed by atoms with Gasteiger partial charge in [-0.25, -0.2) is 0 Å². The lowest BCUT2D eigenvalue weighted by atomic mass is 9.93. The zero-order chi connectivity index (χ0) is 16.4. The average Bonchev–Trinajstić information content (AvgIpc) is 2.52. The molecule has 4 heteroatoms. The molecule has 0 unspecified atom stereocenters. The first kappa shape index (κ1) is 18.5. The first-order chi connectivity index (χ1) is 10.6. The van der Waals surface area contributed by atoms with Gasteiger partial charge in [0.05, 0.1) is 5.70 Å². The van der Waals surface area contributed by atoms with E-state index in [-0.39, 0.29) is 11.3 Å². The van der Waals surface area contributed by atoms with Crippen LogP contribution in [-0.4, -0.2) is 23.7 Å². The van der Waals surface area contributed by atoms with Crippen LogP contribution in [0.4, 0.5) is 0 Å². The van der Waals surface area contributed by atoms with Crippen LogP contribution in [0.25, 0.3) is 0 Å². The van der Waals surface area contributed by atoms with Crippen LogP contribution in [0.1, 0.15) is 71.1 Å². The van der Waals surface area contributed by atoms with E-state index >= 15 is 0 Å². The molecule has 0 radical (unpaired) electrons. The second kappa shape index (κ2) is 10.2. The van der Waals surface area contributed by atoms with Gasteiger partial charge in [0.2, 0.25) is 11.6 Å². The molecule has 0 saturated carbocycles. The van der Waals surface area contributed by atoms with Crippen LogP contribution in [-0.2, 0) is 9.59 Å². The van der Waals surface area contributed by atoms with Crippen molar-refractivity contribution in [2.24, 2.45) is 0 Å². The van der Waals surface area contributed by atoms with Crippen molar-refractivity contribution in [1.29, 1.82) is 0 Å². The number of carbonyl (C=O) groups is 2. The Labute approximate surface area is 133 Å². The smallest absolute Gasteiger partial charge is 0.232 e.